The van der Waals surface area contributed by atoms with Crippen LogP contribution in [0, 0.1) is 5.82 Å². The molecule has 0 bridgehead atoms. The molecule has 0 amide bonds. The molecule has 9 aromatic rings. The van der Waals surface area contributed by atoms with Gasteiger partial charge >= 0.3 is 12.4 Å². The van der Waals surface area contributed by atoms with Crippen LogP contribution in [-0.4, -0.2) is 94.6 Å². The summed E-state index contributed by atoms with van der Waals surface area (Å²) in [4.78, 5) is 47.7. The second kappa shape index (κ2) is 27.2. The van der Waals surface area contributed by atoms with Gasteiger partial charge in [-0.25, -0.2) is 18.1 Å². The highest BCUT2D eigenvalue weighted by Crippen LogP contribution is 2.37. The number of benzene rings is 1. The standard InChI is InChI=1S/C21H20FN3O2.C18H16F5N5O2.C18H17F4N5O2.CH4/c1-13(2)25-17(9-11-24-25)21-14(4-3-10-23-21)12-27-19-8-6-16(22)15-5-7-18(26)20(15)19;1-17(19,20)15-12(8-29)16(27(2)26-15)30-9-11-4-3-6-24-14(11)13-5-7-25-28(13)10-18(21,22)23;1-11(19)15-13(8-28)17(26(2)25-15)29-9-12-4-3-6-23-16(12)14-5-7-24-27(14)10-18(20,21)22;/h3-4,6,8-11,13H,5,7,12H2,1-2H3;3-8H,9-10H2,1-2H3;3-8,11H,9-10H2,1-2H3;1H4. The Labute approximate surface area is 490 Å². The predicted molar refractivity (Wildman–Crippen MR) is 294 cm³/mol. The molecule has 1 aromatic carbocycles. The molecule has 0 saturated heterocycles. The average molecular weight is 1220 g/mol. The fraction of sp³-hybridized carbons (Fsp3) is 0.328. The highest BCUT2D eigenvalue weighted by Gasteiger charge is 2.36. The summed E-state index contributed by atoms with van der Waals surface area (Å²) in [6, 6.07) is 17.9. The monoisotopic (exact) mass is 1220 g/mol. The molecule has 1 aliphatic rings. The number of hydrogen-bond donors (Lipinski definition) is 0. The van der Waals surface area contributed by atoms with Crippen LogP contribution >= 0.6 is 0 Å². The first-order valence-corrected chi connectivity index (χ1v) is 26.1. The number of pyridine rings is 3. The van der Waals surface area contributed by atoms with Crippen LogP contribution in [0.1, 0.15) is 118 Å². The van der Waals surface area contributed by atoms with E-state index in [0.717, 1.165) is 31.0 Å². The maximum absolute atomic E-state index is 13.9. The van der Waals surface area contributed by atoms with E-state index in [1.54, 1.807) is 36.7 Å². The molecule has 8 aromatic heterocycles. The molecule has 0 radical (unpaired) electrons. The Morgan fingerprint density at radius 1 is 0.598 bits per heavy atom. The van der Waals surface area contributed by atoms with Crippen LogP contribution in [0.4, 0.5) is 43.9 Å². The Morgan fingerprint density at radius 2 is 1.06 bits per heavy atom. The van der Waals surface area contributed by atoms with Gasteiger partial charge < -0.3 is 14.2 Å². The lowest BCUT2D eigenvalue weighted by Gasteiger charge is -2.15. The van der Waals surface area contributed by atoms with Crippen molar-refractivity contribution in [3.05, 3.63) is 160 Å². The summed E-state index contributed by atoms with van der Waals surface area (Å²) in [5, 5.41) is 19.4. The Hall–Kier alpha value is -9.57. The van der Waals surface area contributed by atoms with Gasteiger partial charge in [-0.05, 0) is 75.7 Å². The van der Waals surface area contributed by atoms with Gasteiger partial charge in [-0.1, -0.05) is 25.6 Å². The van der Waals surface area contributed by atoms with Crippen molar-refractivity contribution in [2.45, 2.75) is 111 Å². The third-order valence-electron chi connectivity index (χ3n) is 13.0. The predicted octanol–water partition coefficient (Wildman–Crippen LogP) is 12.4. The van der Waals surface area contributed by atoms with Crippen molar-refractivity contribution < 1.29 is 72.5 Å². The van der Waals surface area contributed by atoms with Crippen LogP contribution in [0.3, 0.4) is 0 Å². The lowest BCUT2D eigenvalue weighted by molar-refractivity contribution is -0.143. The van der Waals surface area contributed by atoms with Crippen molar-refractivity contribution in [3.8, 4) is 51.7 Å². The van der Waals surface area contributed by atoms with Gasteiger partial charge in [-0.2, -0.15) is 60.6 Å². The number of alkyl halides is 9. The molecular weight excluding hydrogens is 1160 g/mol. The van der Waals surface area contributed by atoms with E-state index in [1.165, 1.54) is 74.8 Å². The number of rotatable bonds is 19. The fourth-order valence-electron chi connectivity index (χ4n) is 9.26. The van der Waals surface area contributed by atoms with E-state index >= 15 is 0 Å². The minimum atomic E-state index is -4.48. The molecule has 1 unspecified atom stereocenters. The molecule has 0 N–H and O–H groups in total. The van der Waals surface area contributed by atoms with Crippen molar-refractivity contribution in [1.82, 2.24) is 63.9 Å². The molecular formula is C58H57F10N13O6. The maximum atomic E-state index is 13.9. The van der Waals surface area contributed by atoms with Gasteiger partial charge in [0.2, 0.25) is 11.8 Å². The number of fused-ring (bicyclic) bond motifs is 1. The van der Waals surface area contributed by atoms with Gasteiger partial charge in [0.25, 0.3) is 5.92 Å². The Balaban J connectivity index is 0.000000186. The SMILES string of the molecule is C.CC(C)n1nccc1-c1ncccc1COc1ccc(F)c2c1C(=O)CC2.CC(F)c1nn(C)c(OCc2cccnc2-c2ccnn2CC(F)(F)F)c1C=O.Cn1nc(C(C)(F)F)c(C=O)c1OCc1cccnc1-c1ccnn1CC(F)(F)F. The number of carbonyl (C=O) groups is 3. The van der Waals surface area contributed by atoms with E-state index in [2.05, 4.69) is 54.3 Å². The third-order valence-corrected chi connectivity index (χ3v) is 13.0. The minimum Gasteiger partial charge on any atom is -0.488 e. The lowest BCUT2D eigenvalue weighted by atomic mass is 10.1. The first-order chi connectivity index (χ1) is 40.8. The first-order valence-electron chi connectivity index (χ1n) is 26.1. The number of Topliss-reactive ketones (excluding diaryl/α,β-unsaturated/α-hetero) is 1. The Kier molecular flexibility index (Phi) is 20.3. The number of carbonyl (C=O) groups excluding carboxylic acids is 3. The summed E-state index contributed by atoms with van der Waals surface area (Å²) >= 11 is 0. The second-order valence-corrected chi connectivity index (χ2v) is 19.6. The van der Waals surface area contributed by atoms with Crippen LogP contribution in [0.2, 0.25) is 0 Å². The van der Waals surface area contributed by atoms with Crippen molar-refractivity contribution >= 4 is 18.4 Å². The van der Waals surface area contributed by atoms with E-state index < -0.39 is 48.8 Å². The molecule has 8 heterocycles. The Bertz CT molecular complexity index is 3860. The summed E-state index contributed by atoms with van der Waals surface area (Å²) in [5.41, 5.74) is 3.74. The topological polar surface area (TPSA) is 207 Å². The molecule has 0 aliphatic heterocycles. The van der Waals surface area contributed by atoms with Gasteiger partial charge in [0.1, 0.15) is 73.2 Å². The van der Waals surface area contributed by atoms with Crippen molar-refractivity contribution in [2.75, 3.05) is 0 Å². The van der Waals surface area contributed by atoms with Crippen LogP contribution in [0.5, 0.6) is 17.5 Å². The molecule has 1 aliphatic carbocycles. The molecule has 1 atom stereocenters. The van der Waals surface area contributed by atoms with Gasteiger partial charge in [0.05, 0.1) is 39.7 Å². The zero-order valence-electron chi connectivity index (χ0n) is 46.6. The number of hydrogen-bond acceptors (Lipinski definition) is 14. The molecule has 0 saturated carbocycles. The fourth-order valence-corrected chi connectivity index (χ4v) is 9.26. The number of nitrogens with zero attached hydrogens (tertiary/aromatic N) is 13. The molecule has 19 nitrogen and oxygen atoms in total. The van der Waals surface area contributed by atoms with Gasteiger partial charge in [0.15, 0.2) is 18.4 Å². The number of ketones is 1. The number of aldehydes is 2. The zero-order valence-corrected chi connectivity index (χ0v) is 46.6. The second-order valence-electron chi connectivity index (χ2n) is 19.6. The minimum absolute atomic E-state index is 0. The van der Waals surface area contributed by atoms with Crippen LogP contribution in [-0.2, 0) is 59.3 Å². The van der Waals surface area contributed by atoms with Crippen molar-refractivity contribution in [2.24, 2.45) is 14.1 Å². The van der Waals surface area contributed by atoms with Gasteiger partial charge in [-0.3, -0.25) is 43.4 Å². The lowest BCUT2D eigenvalue weighted by Crippen LogP contribution is -2.19. The Morgan fingerprint density at radius 3 is 1.53 bits per heavy atom. The highest BCUT2D eigenvalue weighted by molar-refractivity contribution is 6.03. The van der Waals surface area contributed by atoms with Gasteiger partial charge in [0, 0.05) is 92.9 Å². The zero-order chi connectivity index (χ0) is 62.3. The third kappa shape index (κ3) is 15.3. The van der Waals surface area contributed by atoms with Crippen LogP contribution in [0.15, 0.2) is 104 Å². The number of ether oxygens (including phenoxy) is 3. The molecule has 87 heavy (non-hydrogen) atoms. The van der Waals surface area contributed by atoms with Crippen LogP contribution in [0.25, 0.3) is 34.2 Å². The first kappa shape index (κ1) is 65.0. The summed E-state index contributed by atoms with van der Waals surface area (Å²) in [6.07, 6.45) is -0.188. The normalized spacial score (nSPS) is 12.6. The summed E-state index contributed by atoms with van der Waals surface area (Å²) in [7, 11) is 2.83. The van der Waals surface area contributed by atoms with E-state index in [-0.39, 0.29) is 97.0 Å². The number of aryl methyl sites for hydroxylation is 2. The molecule has 460 valence electrons. The molecule has 10 rings (SSSR count). The van der Waals surface area contributed by atoms with E-state index in [0.29, 0.717) is 54.1 Å². The van der Waals surface area contributed by atoms with Gasteiger partial charge in [-0.15, -0.1) is 0 Å². The number of halogens is 10. The van der Waals surface area contributed by atoms with Crippen molar-refractivity contribution in [1.29, 1.82) is 0 Å². The number of aromatic nitrogens is 13. The maximum Gasteiger partial charge on any atom is 0.408 e. The van der Waals surface area contributed by atoms with E-state index in [9.17, 15) is 58.3 Å². The molecule has 0 spiro atoms. The summed E-state index contributed by atoms with van der Waals surface area (Å²) in [5.74, 6) is -3.48. The average Bonchev–Trinajstić information content (AvgIpc) is 2.26. The van der Waals surface area contributed by atoms with E-state index in [4.69, 9.17) is 14.2 Å². The van der Waals surface area contributed by atoms with Crippen molar-refractivity contribution in [3.63, 3.8) is 0 Å². The molecule has 29 heteroatoms. The van der Waals surface area contributed by atoms with E-state index in [1.807, 2.05) is 22.9 Å². The summed E-state index contributed by atoms with van der Waals surface area (Å²) < 4.78 is 155. The quantitative estimate of drug-likeness (QED) is 0.0545. The highest BCUT2D eigenvalue weighted by atomic mass is 19.4. The largest absolute Gasteiger partial charge is 0.488 e. The van der Waals surface area contributed by atoms with Crippen LogP contribution < -0.4 is 14.2 Å². The molecule has 0 fully saturated rings. The smallest absolute Gasteiger partial charge is 0.408 e. The summed E-state index contributed by atoms with van der Waals surface area (Å²) in [6.45, 7) is 3.26.